The molecule has 0 spiro atoms. The number of carboxylic acid groups (broad SMARTS) is 1. The van der Waals surface area contributed by atoms with E-state index in [4.69, 9.17) is 5.41 Å². The van der Waals surface area contributed by atoms with Crippen molar-refractivity contribution in [3.8, 4) is 0 Å². The molecule has 0 bridgehead atoms. The Morgan fingerprint density at radius 3 is 2.61 bits per heavy atom. The van der Waals surface area contributed by atoms with E-state index >= 15 is 0 Å². The third kappa shape index (κ3) is 4.77. The number of halogens is 1. The molecule has 4 rings (SSSR count). The van der Waals surface area contributed by atoms with Crippen LogP contribution in [0.3, 0.4) is 0 Å². The summed E-state index contributed by atoms with van der Waals surface area (Å²) in [5, 5.41) is 34.0. The zero-order valence-electron chi connectivity index (χ0n) is 18.9. The molecule has 0 saturated carbocycles. The minimum Gasteiger partial charge on any atom is -0.477 e. The second-order valence-corrected chi connectivity index (χ2v) is 10.3. The summed E-state index contributed by atoms with van der Waals surface area (Å²) in [6.07, 6.45) is 0.0768. The molecule has 3 heterocycles. The van der Waals surface area contributed by atoms with Crippen LogP contribution in [0.25, 0.3) is 0 Å². The molecule has 1 aromatic carbocycles. The Balaban J connectivity index is 0.00000306. The van der Waals surface area contributed by atoms with Crippen molar-refractivity contribution in [1.29, 1.82) is 5.41 Å². The fourth-order valence-electron chi connectivity index (χ4n) is 5.01. The number of amidine groups is 1. The number of β-lactam (4-membered cyclic amide) rings is 1. The number of carbonyl (C=O) groups is 2. The van der Waals surface area contributed by atoms with Gasteiger partial charge in [-0.2, -0.15) is 0 Å². The van der Waals surface area contributed by atoms with Gasteiger partial charge in [0.2, 0.25) is 5.91 Å². The third-order valence-corrected chi connectivity index (χ3v) is 8.15. The number of aliphatic hydroxyl groups is 1. The number of carboxylic acids is 1. The molecule has 8 nitrogen and oxygen atoms in total. The highest BCUT2D eigenvalue weighted by Crippen LogP contribution is 2.52. The number of rotatable bonds is 7. The van der Waals surface area contributed by atoms with Gasteiger partial charge in [-0.1, -0.05) is 31.2 Å². The Hall–Kier alpha value is -2.07. The molecule has 10 heteroatoms. The van der Waals surface area contributed by atoms with Gasteiger partial charge in [-0.25, -0.2) is 4.79 Å². The van der Waals surface area contributed by atoms with Crippen molar-refractivity contribution < 1.29 is 19.8 Å². The minimum absolute atomic E-state index is 0. The summed E-state index contributed by atoms with van der Waals surface area (Å²) in [4.78, 5) is 26.6. The molecule has 3 aliphatic rings. The molecule has 0 aromatic heterocycles. The van der Waals surface area contributed by atoms with E-state index in [1.54, 1.807) is 25.6 Å². The second-order valence-electron chi connectivity index (χ2n) is 8.93. The first-order valence-electron chi connectivity index (χ1n) is 11.0. The van der Waals surface area contributed by atoms with Crippen LogP contribution in [0.15, 0.2) is 34.9 Å². The van der Waals surface area contributed by atoms with Crippen LogP contribution in [0.1, 0.15) is 44.4 Å². The number of fused-ring (bicyclic) bond motifs is 1. The molecule has 2 fully saturated rings. The van der Waals surface area contributed by atoms with E-state index in [0.717, 1.165) is 23.4 Å². The molecule has 0 aliphatic carbocycles. The van der Waals surface area contributed by atoms with Crippen LogP contribution in [0, 0.1) is 17.2 Å². The first-order chi connectivity index (χ1) is 15.2. The number of benzene rings is 1. The number of nitrogens with one attached hydrogen (secondary N) is 3. The van der Waals surface area contributed by atoms with Gasteiger partial charge in [-0.05, 0) is 31.4 Å². The number of aliphatic carboxylic acids is 1. The van der Waals surface area contributed by atoms with Crippen molar-refractivity contribution in [2.24, 2.45) is 11.8 Å². The van der Waals surface area contributed by atoms with Crippen molar-refractivity contribution >= 4 is 41.9 Å². The van der Waals surface area contributed by atoms with E-state index in [1.165, 1.54) is 10.5 Å². The van der Waals surface area contributed by atoms with E-state index < -0.39 is 18.0 Å². The van der Waals surface area contributed by atoms with Gasteiger partial charge < -0.3 is 25.7 Å². The Morgan fingerprint density at radius 2 is 2.03 bits per heavy atom. The van der Waals surface area contributed by atoms with E-state index in [-0.39, 0.29) is 47.3 Å². The average molecular weight is 495 g/mol. The predicted octanol–water partition coefficient (Wildman–Crippen LogP) is 2.49. The lowest BCUT2D eigenvalue weighted by Gasteiger charge is -2.46. The number of hydrogen-bond acceptors (Lipinski definition) is 6. The molecule has 2 saturated heterocycles. The summed E-state index contributed by atoms with van der Waals surface area (Å²) >= 11 is 1.56. The molecule has 180 valence electrons. The number of hydrogen-bond donors (Lipinski definition) is 5. The van der Waals surface area contributed by atoms with E-state index in [1.807, 2.05) is 6.92 Å². The van der Waals surface area contributed by atoms with E-state index in [2.05, 4.69) is 34.9 Å². The van der Waals surface area contributed by atoms with Gasteiger partial charge in [0, 0.05) is 35.2 Å². The van der Waals surface area contributed by atoms with Crippen LogP contribution in [0.5, 0.6) is 0 Å². The van der Waals surface area contributed by atoms with Crippen molar-refractivity contribution in [1.82, 2.24) is 15.5 Å². The first kappa shape index (κ1) is 25.6. The van der Waals surface area contributed by atoms with Gasteiger partial charge in [0.1, 0.15) is 5.70 Å². The number of amides is 1. The molecule has 0 radical (unpaired) electrons. The van der Waals surface area contributed by atoms with Crippen molar-refractivity contribution in [3.05, 3.63) is 46.0 Å². The van der Waals surface area contributed by atoms with Gasteiger partial charge in [-0.3, -0.25) is 10.2 Å². The summed E-state index contributed by atoms with van der Waals surface area (Å²) in [5.41, 5.74) is 2.39. The monoisotopic (exact) mass is 494 g/mol. The van der Waals surface area contributed by atoms with Crippen molar-refractivity contribution in [2.75, 3.05) is 6.54 Å². The molecule has 0 unspecified atom stereocenters. The van der Waals surface area contributed by atoms with Crippen LogP contribution in [0.4, 0.5) is 0 Å². The number of aliphatic hydroxyl groups excluding tert-OH is 1. The Morgan fingerprint density at radius 1 is 1.36 bits per heavy atom. The van der Waals surface area contributed by atoms with Crippen LogP contribution < -0.4 is 10.6 Å². The molecule has 1 aromatic rings. The maximum absolute atomic E-state index is 12.5. The highest BCUT2D eigenvalue weighted by Gasteiger charge is 2.60. The van der Waals surface area contributed by atoms with E-state index in [0.29, 0.717) is 12.4 Å². The standard InChI is InChI=1S/C23H30N4O4S.ClH/c1-11-19-18(12(2)28)22(29)27(19)20(23(30)31)21(11)32-16-8-17(26-10-16)15-6-4-14(5-7-15)9-25-13(3)24;/h4-7,11-12,16-19,26,28H,8-10H2,1-3H3,(H2,24,25)(H,30,31);1H/t11-,12-,16+,17-,18-,19-;/m1./s1. The largest absolute Gasteiger partial charge is 0.477 e. The van der Waals surface area contributed by atoms with Crippen LogP contribution in [-0.4, -0.2) is 56.8 Å². The minimum atomic E-state index is -1.08. The fourth-order valence-corrected chi connectivity index (χ4v) is 6.49. The second kappa shape index (κ2) is 10.0. The number of nitrogens with zero attached hydrogens (tertiary/aromatic N) is 1. The summed E-state index contributed by atoms with van der Waals surface area (Å²) in [6, 6.07) is 8.23. The third-order valence-electron chi connectivity index (χ3n) is 6.64. The maximum Gasteiger partial charge on any atom is 0.353 e. The van der Waals surface area contributed by atoms with Crippen LogP contribution in [0.2, 0.25) is 0 Å². The molecule has 5 N–H and O–H groups in total. The normalized spacial score (nSPS) is 29.3. The summed E-state index contributed by atoms with van der Waals surface area (Å²) in [7, 11) is 0. The Kier molecular flexibility index (Phi) is 7.78. The molecule has 33 heavy (non-hydrogen) atoms. The average Bonchev–Trinajstić information content (AvgIpc) is 3.29. The van der Waals surface area contributed by atoms with Gasteiger partial charge in [-0.15, -0.1) is 24.2 Å². The predicted molar refractivity (Wildman–Crippen MR) is 130 cm³/mol. The molecule has 1 amide bonds. The highest BCUT2D eigenvalue weighted by atomic mass is 35.5. The van der Waals surface area contributed by atoms with Gasteiger partial charge in [0.25, 0.3) is 0 Å². The van der Waals surface area contributed by atoms with Gasteiger partial charge >= 0.3 is 5.97 Å². The molecule has 6 atom stereocenters. The molecule has 3 aliphatic heterocycles. The van der Waals surface area contributed by atoms with Crippen molar-refractivity contribution in [2.45, 2.75) is 57.2 Å². The topological polar surface area (TPSA) is 126 Å². The van der Waals surface area contributed by atoms with Crippen LogP contribution >= 0.6 is 24.2 Å². The fraction of sp³-hybridized carbons (Fsp3) is 0.522. The SMILES string of the molecule is CC(=N)NCc1ccc([C@H]2C[C@H](SC3=C(C(=O)O)N4C(=O)[C@H]([C@@H](C)O)[C@H]4[C@H]3C)CN2)cc1.Cl. The Bertz CT molecular complexity index is 968. The molecular formula is C23H31ClN4O4S. The zero-order valence-corrected chi connectivity index (χ0v) is 20.5. The smallest absolute Gasteiger partial charge is 0.353 e. The van der Waals surface area contributed by atoms with E-state index in [9.17, 15) is 19.8 Å². The highest BCUT2D eigenvalue weighted by molar-refractivity contribution is 8.03. The number of thioether (sulfide) groups is 1. The maximum atomic E-state index is 12.5. The summed E-state index contributed by atoms with van der Waals surface area (Å²) < 4.78 is 0. The lowest BCUT2D eigenvalue weighted by atomic mass is 9.79. The quantitative estimate of drug-likeness (QED) is 0.224. The summed E-state index contributed by atoms with van der Waals surface area (Å²) in [6.45, 7) is 6.65. The summed E-state index contributed by atoms with van der Waals surface area (Å²) in [5.74, 6) is -1.57. The lowest BCUT2D eigenvalue weighted by Crippen LogP contribution is -2.63. The number of carbonyl (C=O) groups excluding carboxylic acids is 1. The Labute approximate surface area is 204 Å². The van der Waals surface area contributed by atoms with Gasteiger partial charge in [0.05, 0.1) is 23.9 Å². The van der Waals surface area contributed by atoms with Crippen molar-refractivity contribution in [3.63, 3.8) is 0 Å². The van der Waals surface area contributed by atoms with Crippen LogP contribution in [-0.2, 0) is 16.1 Å². The zero-order chi connectivity index (χ0) is 23.2. The lowest BCUT2D eigenvalue weighted by molar-refractivity contribution is -0.163. The first-order valence-corrected chi connectivity index (χ1v) is 11.8. The van der Waals surface area contributed by atoms with Gasteiger partial charge in [0.15, 0.2) is 0 Å². The molecular weight excluding hydrogens is 464 g/mol.